The van der Waals surface area contributed by atoms with E-state index in [-0.39, 0.29) is 0 Å². The third-order valence-corrected chi connectivity index (χ3v) is 2.87. The number of thiophene rings is 1. The monoisotopic (exact) mass is 233 g/mol. The molecule has 3 aromatic rings. The van der Waals surface area contributed by atoms with E-state index in [1.807, 2.05) is 24.4 Å². The van der Waals surface area contributed by atoms with Gasteiger partial charge in [-0.1, -0.05) is 16.4 Å². The number of hydrogen-bond donors (Lipinski definition) is 0. The van der Waals surface area contributed by atoms with Crippen LogP contribution in [-0.2, 0) is 0 Å². The molecule has 0 aliphatic rings. The molecule has 3 rings (SSSR count). The summed E-state index contributed by atoms with van der Waals surface area (Å²) < 4.78 is 10.1. The molecule has 0 saturated heterocycles. The summed E-state index contributed by atoms with van der Waals surface area (Å²) in [4.78, 5) is 5.20. The van der Waals surface area contributed by atoms with Crippen LogP contribution in [0.4, 0.5) is 0 Å². The molecule has 5 nitrogen and oxygen atoms in total. The molecule has 3 aromatic heterocycles. The summed E-state index contributed by atoms with van der Waals surface area (Å²) in [6, 6.07) is 5.63. The van der Waals surface area contributed by atoms with Crippen molar-refractivity contribution < 1.29 is 9.05 Å². The molecule has 0 amide bonds. The number of aromatic nitrogens is 3. The lowest BCUT2D eigenvalue weighted by Crippen LogP contribution is -1.75. The molecule has 0 spiro atoms. The van der Waals surface area contributed by atoms with Gasteiger partial charge in [0.05, 0.1) is 10.6 Å². The molecule has 3 heterocycles. The maximum Gasteiger partial charge on any atom is 0.296 e. The van der Waals surface area contributed by atoms with Crippen molar-refractivity contribution in [1.82, 2.24) is 15.3 Å². The highest BCUT2D eigenvalue weighted by Gasteiger charge is 2.14. The molecular weight excluding hydrogens is 226 g/mol. The summed E-state index contributed by atoms with van der Waals surface area (Å²) in [5.41, 5.74) is 0.783. The van der Waals surface area contributed by atoms with Crippen molar-refractivity contribution >= 4 is 11.3 Å². The second-order valence-corrected chi connectivity index (χ2v) is 4.18. The Morgan fingerprint density at radius 3 is 2.88 bits per heavy atom. The number of nitrogens with zero attached hydrogens (tertiary/aromatic N) is 3. The van der Waals surface area contributed by atoms with Crippen LogP contribution in [0.25, 0.3) is 22.4 Å². The van der Waals surface area contributed by atoms with Crippen molar-refractivity contribution in [2.24, 2.45) is 0 Å². The highest BCUT2D eigenvalue weighted by Crippen LogP contribution is 2.25. The molecule has 0 saturated carbocycles. The van der Waals surface area contributed by atoms with E-state index in [0.29, 0.717) is 17.5 Å². The van der Waals surface area contributed by atoms with Gasteiger partial charge in [-0.3, -0.25) is 0 Å². The second-order valence-electron chi connectivity index (χ2n) is 3.23. The van der Waals surface area contributed by atoms with Crippen LogP contribution in [0.1, 0.15) is 5.69 Å². The normalized spacial score (nSPS) is 10.8. The molecule has 0 aliphatic heterocycles. The van der Waals surface area contributed by atoms with E-state index in [1.54, 1.807) is 17.4 Å². The van der Waals surface area contributed by atoms with Gasteiger partial charge in [-0.25, -0.2) is 0 Å². The van der Waals surface area contributed by atoms with E-state index >= 15 is 0 Å². The predicted octanol–water partition coefficient (Wildman–Crippen LogP) is 2.76. The molecule has 0 bridgehead atoms. The maximum atomic E-state index is 5.10. The highest BCUT2D eigenvalue weighted by molar-refractivity contribution is 7.13. The van der Waals surface area contributed by atoms with Crippen molar-refractivity contribution in [3.05, 3.63) is 29.3 Å². The fourth-order valence-corrected chi connectivity index (χ4v) is 1.94. The van der Waals surface area contributed by atoms with Gasteiger partial charge in [-0.15, -0.1) is 11.3 Å². The molecule has 0 N–H and O–H groups in total. The van der Waals surface area contributed by atoms with Crippen LogP contribution >= 0.6 is 11.3 Å². The van der Waals surface area contributed by atoms with Crippen molar-refractivity contribution in [3.8, 4) is 22.4 Å². The Hall–Kier alpha value is -1.95. The Morgan fingerprint density at radius 2 is 2.19 bits per heavy atom. The minimum atomic E-state index is 0.351. The van der Waals surface area contributed by atoms with E-state index in [1.165, 1.54) is 0 Å². The van der Waals surface area contributed by atoms with Crippen LogP contribution in [0, 0.1) is 6.92 Å². The van der Waals surface area contributed by atoms with Gasteiger partial charge in [0.25, 0.3) is 5.89 Å². The van der Waals surface area contributed by atoms with E-state index in [9.17, 15) is 0 Å². The lowest BCUT2D eigenvalue weighted by Gasteiger charge is -1.82. The van der Waals surface area contributed by atoms with Crippen LogP contribution in [0.15, 0.2) is 32.6 Å². The second kappa shape index (κ2) is 3.57. The van der Waals surface area contributed by atoms with Crippen LogP contribution < -0.4 is 0 Å². The fraction of sp³-hybridized carbons (Fsp3) is 0.100. The van der Waals surface area contributed by atoms with Gasteiger partial charge in [0.15, 0.2) is 0 Å². The van der Waals surface area contributed by atoms with E-state index in [0.717, 1.165) is 10.6 Å². The lowest BCUT2D eigenvalue weighted by atomic mass is 10.4. The van der Waals surface area contributed by atoms with Gasteiger partial charge < -0.3 is 9.05 Å². The molecule has 80 valence electrons. The summed E-state index contributed by atoms with van der Waals surface area (Å²) in [6.07, 6.45) is 0. The van der Waals surface area contributed by atoms with Gasteiger partial charge in [0.1, 0.15) is 0 Å². The summed E-state index contributed by atoms with van der Waals surface area (Å²) in [7, 11) is 0. The predicted molar refractivity (Wildman–Crippen MR) is 57.8 cm³/mol. The van der Waals surface area contributed by atoms with Crippen molar-refractivity contribution in [2.45, 2.75) is 6.92 Å². The summed E-state index contributed by atoms with van der Waals surface area (Å²) >= 11 is 1.56. The Morgan fingerprint density at radius 1 is 1.25 bits per heavy atom. The zero-order valence-electron chi connectivity index (χ0n) is 8.38. The van der Waals surface area contributed by atoms with Crippen molar-refractivity contribution in [1.29, 1.82) is 0 Å². The van der Waals surface area contributed by atoms with Gasteiger partial charge in [0, 0.05) is 6.07 Å². The molecule has 0 unspecified atom stereocenters. The van der Waals surface area contributed by atoms with Crippen molar-refractivity contribution in [3.63, 3.8) is 0 Å². The number of hydrogen-bond acceptors (Lipinski definition) is 6. The minimum absolute atomic E-state index is 0.351. The largest absolute Gasteiger partial charge is 0.351 e. The average Bonchev–Trinajstić information content (AvgIpc) is 2.97. The van der Waals surface area contributed by atoms with E-state index < -0.39 is 0 Å². The fourth-order valence-electron chi connectivity index (χ4n) is 1.29. The summed E-state index contributed by atoms with van der Waals surface area (Å²) in [6.45, 7) is 1.84. The first-order valence-electron chi connectivity index (χ1n) is 4.64. The number of aryl methyl sites for hydroxylation is 1. The zero-order chi connectivity index (χ0) is 11.0. The molecule has 0 aromatic carbocycles. The molecule has 0 radical (unpaired) electrons. The first-order valence-corrected chi connectivity index (χ1v) is 5.52. The Labute approximate surface area is 94.7 Å². The Kier molecular flexibility index (Phi) is 2.07. The van der Waals surface area contributed by atoms with Crippen LogP contribution in [0.2, 0.25) is 0 Å². The van der Waals surface area contributed by atoms with Gasteiger partial charge in [-0.05, 0) is 18.4 Å². The molecular formula is C10H7N3O2S. The highest BCUT2D eigenvalue weighted by atomic mass is 32.1. The third kappa shape index (κ3) is 1.53. The standard InChI is InChI=1S/C10H7N3O2S/c1-6-5-7(14-12-6)10-11-9(13-15-10)8-3-2-4-16-8/h2-5H,1H3. The third-order valence-electron chi connectivity index (χ3n) is 2.01. The molecule has 0 aliphatic carbocycles. The average molecular weight is 233 g/mol. The molecule has 6 heteroatoms. The lowest BCUT2D eigenvalue weighted by molar-refractivity contribution is 0.383. The molecule has 16 heavy (non-hydrogen) atoms. The van der Waals surface area contributed by atoms with Crippen molar-refractivity contribution in [2.75, 3.05) is 0 Å². The van der Waals surface area contributed by atoms with E-state index in [4.69, 9.17) is 9.05 Å². The first kappa shape index (κ1) is 9.29. The SMILES string of the molecule is Cc1cc(-c2nc(-c3cccs3)no2)on1. The Balaban J connectivity index is 2.00. The first-order chi connectivity index (χ1) is 7.83. The van der Waals surface area contributed by atoms with Crippen LogP contribution in [-0.4, -0.2) is 15.3 Å². The van der Waals surface area contributed by atoms with E-state index in [2.05, 4.69) is 15.3 Å². The summed E-state index contributed by atoms with van der Waals surface area (Å²) in [5, 5.41) is 9.61. The topological polar surface area (TPSA) is 65.0 Å². The van der Waals surface area contributed by atoms with Crippen LogP contribution in [0.5, 0.6) is 0 Å². The van der Waals surface area contributed by atoms with Gasteiger partial charge >= 0.3 is 0 Å². The molecule has 0 fully saturated rings. The molecule has 0 atom stereocenters. The Bertz CT molecular complexity index is 597. The number of rotatable bonds is 2. The summed E-state index contributed by atoms with van der Waals surface area (Å²) in [5.74, 6) is 1.41. The van der Waals surface area contributed by atoms with Gasteiger partial charge in [-0.2, -0.15) is 4.98 Å². The maximum absolute atomic E-state index is 5.10. The van der Waals surface area contributed by atoms with Crippen LogP contribution in [0.3, 0.4) is 0 Å². The zero-order valence-corrected chi connectivity index (χ0v) is 9.19. The smallest absolute Gasteiger partial charge is 0.296 e. The minimum Gasteiger partial charge on any atom is -0.351 e. The quantitative estimate of drug-likeness (QED) is 0.680. The van der Waals surface area contributed by atoms with Gasteiger partial charge in [0.2, 0.25) is 11.6 Å².